The molecule has 2 heterocycles. The molecule has 0 bridgehead atoms. The number of carbonyl (C=O) groups is 1. The molecule has 3 aromatic rings. The Bertz CT molecular complexity index is 911. The monoisotopic (exact) mass is 381 g/mol. The lowest BCUT2D eigenvalue weighted by Gasteiger charge is -2.24. The molecule has 27 heavy (non-hydrogen) atoms. The van der Waals surface area contributed by atoms with Gasteiger partial charge in [-0.3, -0.25) is 9.69 Å². The van der Waals surface area contributed by atoms with Gasteiger partial charge in [0.05, 0.1) is 6.04 Å². The Morgan fingerprint density at radius 1 is 1.22 bits per heavy atom. The second-order valence-electron chi connectivity index (χ2n) is 6.62. The van der Waals surface area contributed by atoms with Gasteiger partial charge in [-0.25, -0.2) is 9.37 Å². The van der Waals surface area contributed by atoms with Gasteiger partial charge in [-0.15, -0.1) is 11.3 Å². The molecule has 138 valence electrons. The van der Waals surface area contributed by atoms with Crippen LogP contribution in [0.5, 0.6) is 0 Å². The van der Waals surface area contributed by atoms with E-state index in [1.165, 1.54) is 6.07 Å². The number of anilines is 1. The molecule has 1 saturated heterocycles. The Balaban J connectivity index is 1.42. The first-order valence-electron chi connectivity index (χ1n) is 8.99. The third-order valence-electron chi connectivity index (χ3n) is 4.83. The summed E-state index contributed by atoms with van der Waals surface area (Å²) >= 11 is 1.58. The van der Waals surface area contributed by atoms with Crippen LogP contribution in [0.1, 0.15) is 18.4 Å². The van der Waals surface area contributed by atoms with Gasteiger partial charge < -0.3 is 5.32 Å². The highest BCUT2D eigenvalue weighted by Crippen LogP contribution is 2.25. The van der Waals surface area contributed by atoms with Gasteiger partial charge in [0.15, 0.2) is 0 Å². The lowest BCUT2D eigenvalue weighted by atomic mass is 10.1. The van der Waals surface area contributed by atoms with Crippen LogP contribution in [0.3, 0.4) is 0 Å². The second-order valence-corrected chi connectivity index (χ2v) is 7.52. The molecule has 6 heteroatoms. The Labute approximate surface area is 161 Å². The van der Waals surface area contributed by atoms with E-state index >= 15 is 0 Å². The zero-order valence-electron chi connectivity index (χ0n) is 14.8. The molecule has 0 aliphatic carbocycles. The molecule has 1 atom stereocenters. The van der Waals surface area contributed by atoms with Crippen LogP contribution in [0.15, 0.2) is 60.1 Å². The number of amides is 1. The predicted octanol–water partition coefficient (Wildman–Crippen LogP) is 4.55. The molecule has 1 amide bonds. The fraction of sp³-hybridized carbons (Fsp3) is 0.238. The van der Waals surface area contributed by atoms with Gasteiger partial charge in [-0.05, 0) is 49.7 Å². The van der Waals surface area contributed by atoms with Crippen molar-refractivity contribution >= 4 is 22.9 Å². The number of hydrogen-bond donors (Lipinski definition) is 1. The molecule has 2 aromatic carbocycles. The maximum absolute atomic E-state index is 13.9. The van der Waals surface area contributed by atoms with Crippen LogP contribution in [0.4, 0.5) is 10.1 Å². The Hall–Kier alpha value is -2.57. The van der Waals surface area contributed by atoms with E-state index in [0.717, 1.165) is 35.6 Å². The van der Waals surface area contributed by atoms with E-state index in [1.54, 1.807) is 29.7 Å². The predicted molar refractivity (Wildman–Crippen MR) is 106 cm³/mol. The van der Waals surface area contributed by atoms with E-state index in [2.05, 4.69) is 15.2 Å². The summed E-state index contributed by atoms with van der Waals surface area (Å²) in [5.74, 6) is -0.257. The molecule has 1 aliphatic heterocycles. The topological polar surface area (TPSA) is 45.2 Å². The van der Waals surface area contributed by atoms with Crippen LogP contribution in [0, 0.1) is 5.82 Å². The fourth-order valence-corrected chi connectivity index (χ4v) is 4.09. The molecule has 4 rings (SSSR count). The minimum absolute atomic E-state index is 0.0363. The number of halogens is 1. The Morgan fingerprint density at radius 2 is 2.04 bits per heavy atom. The Morgan fingerprint density at radius 3 is 2.78 bits per heavy atom. The number of nitrogens with zero attached hydrogens (tertiary/aromatic N) is 2. The van der Waals surface area contributed by atoms with Gasteiger partial charge in [0, 0.05) is 34.9 Å². The van der Waals surface area contributed by atoms with Crippen molar-refractivity contribution in [1.29, 1.82) is 0 Å². The summed E-state index contributed by atoms with van der Waals surface area (Å²) in [6.45, 7) is 1.25. The van der Waals surface area contributed by atoms with Crippen LogP contribution in [-0.4, -0.2) is 28.4 Å². The first kappa shape index (κ1) is 17.8. The molecule has 1 N–H and O–H groups in total. The van der Waals surface area contributed by atoms with Crippen LogP contribution in [-0.2, 0) is 11.3 Å². The van der Waals surface area contributed by atoms with Crippen molar-refractivity contribution in [3.63, 3.8) is 0 Å². The number of thiazole rings is 1. The molecule has 4 nitrogen and oxygen atoms in total. The Kier molecular flexibility index (Phi) is 5.27. The summed E-state index contributed by atoms with van der Waals surface area (Å²) in [6, 6.07) is 14.2. The second kappa shape index (κ2) is 7.98. The first-order valence-corrected chi connectivity index (χ1v) is 9.87. The van der Waals surface area contributed by atoms with E-state index in [4.69, 9.17) is 0 Å². The van der Waals surface area contributed by atoms with Gasteiger partial charge in [0.25, 0.3) is 0 Å². The van der Waals surface area contributed by atoms with Crippen LogP contribution in [0.2, 0.25) is 0 Å². The average Bonchev–Trinajstić information content (AvgIpc) is 3.36. The van der Waals surface area contributed by atoms with Crippen LogP contribution < -0.4 is 5.32 Å². The summed E-state index contributed by atoms with van der Waals surface area (Å²) in [7, 11) is 0. The number of aromatic nitrogens is 1. The van der Waals surface area contributed by atoms with Gasteiger partial charge in [0.2, 0.25) is 5.91 Å². The number of benzene rings is 2. The summed E-state index contributed by atoms with van der Waals surface area (Å²) in [5, 5.41) is 5.89. The number of rotatable bonds is 5. The molecule has 0 saturated carbocycles. The molecule has 1 unspecified atom stereocenters. The van der Waals surface area contributed by atoms with Crippen molar-refractivity contribution in [2.75, 3.05) is 11.9 Å². The number of hydrogen-bond acceptors (Lipinski definition) is 4. The van der Waals surface area contributed by atoms with Gasteiger partial charge in [0.1, 0.15) is 10.8 Å². The van der Waals surface area contributed by atoms with Crippen molar-refractivity contribution < 1.29 is 9.18 Å². The minimum Gasteiger partial charge on any atom is -0.325 e. The summed E-state index contributed by atoms with van der Waals surface area (Å²) in [4.78, 5) is 19.1. The van der Waals surface area contributed by atoms with Crippen molar-refractivity contribution in [1.82, 2.24) is 9.88 Å². The van der Waals surface area contributed by atoms with Crippen molar-refractivity contribution in [3.05, 3.63) is 71.5 Å². The smallest absolute Gasteiger partial charge is 0.241 e. The highest BCUT2D eigenvalue weighted by Gasteiger charge is 2.31. The molecular weight excluding hydrogens is 361 g/mol. The SMILES string of the molecule is O=C(Nc1ccc(-c2nccs2)cc1)C1CCCN1Cc1ccccc1F. The van der Waals surface area contributed by atoms with Gasteiger partial charge in [-0.1, -0.05) is 18.2 Å². The maximum atomic E-state index is 13.9. The zero-order chi connectivity index (χ0) is 18.6. The fourth-order valence-electron chi connectivity index (χ4n) is 3.45. The number of nitrogens with one attached hydrogen (secondary N) is 1. The summed E-state index contributed by atoms with van der Waals surface area (Å²) < 4.78 is 13.9. The average molecular weight is 381 g/mol. The van der Waals surface area contributed by atoms with Crippen molar-refractivity contribution in [2.45, 2.75) is 25.4 Å². The molecule has 1 aliphatic rings. The molecule has 1 aromatic heterocycles. The molecular formula is C21H20FN3OS. The lowest BCUT2D eigenvalue weighted by Crippen LogP contribution is -2.39. The zero-order valence-corrected chi connectivity index (χ0v) is 15.6. The first-order chi connectivity index (χ1) is 13.2. The van der Waals surface area contributed by atoms with E-state index < -0.39 is 0 Å². The minimum atomic E-state index is -0.233. The van der Waals surface area contributed by atoms with E-state index in [0.29, 0.717) is 12.1 Å². The molecule has 1 fully saturated rings. The van der Waals surface area contributed by atoms with Crippen LogP contribution in [0.25, 0.3) is 10.6 Å². The lowest BCUT2D eigenvalue weighted by molar-refractivity contribution is -0.120. The van der Waals surface area contributed by atoms with Crippen LogP contribution >= 0.6 is 11.3 Å². The third-order valence-corrected chi connectivity index (χ3v) is 5.65. The molecule has 0 radical (unpaired) electrons. The highest BCUT2D eigenvalue weighted by atomic mass is 32.1. The van der Waals surface area contributed by atoms with Gasteiger partial charge >= 0.3 is 0 Å². The van der Waals surface area contributed by atoms with Crippen molar-refractivity contribution in [2.24, 2.45) is 0 Å². The molecule has 0 spiro atoms. The standard InChI is InChI=1S/C21H20FN3OS/c22-18-5-2-1-4-16(18)14-25-12-3-6-19(25)20(26)24-17-9-7-15(8-10-17)21-23-11-13-27-21/h1-2,4-5,7-11,13,19H,3,6,12,14H2,(H,24,26). The van der Waals surface area contributed by atoms with E-state index in [1.807, 2.05) is 35.7 Å². The summed E-state index contributed by atoms with van der Waals surface area (Å²) in [6.07, 6.45) is 3.51. The number of carbonyl (C=O) groups excluding carboxylic acids is 1. The quantitative estimate of drug-likeness (QED) is 0.705. The highest BCUT2D eigenvalue weighted by molar-refractivity contribution is 7.13. The normalized spacial score (nSPS) is 17.1. The maximum Gasteiger partial charge on any atom is 0.241 e. The van der Waals surface area contributed by atoms with Crippen molar-refractivity contribution in [3.8, 4) is 10.6 Å². The number of likely N-dealkylation sites (tertiary alicyclic amines) is 1. The largest absolute Gasteiger partial charge is 0.325 e. The third kappa shape index (κ3) is 4.07. The van der Waals surface area contributed by atoms with E-state index in [-0.39, 0.29) is 17.8 Å². The van der Waals surface area contributed by atoms with E-state index in [9.17, 15) is 9.18 Å². The van der Waals surface area contributed by atoms with Gasteiger partial charge in [-0.2, -0.15) is 0 Å². The summed E-state index contributed by atoms with van der Waals surface area (Å²) in [5.41, 5.74) is 2.42.